The van der Waals surface area contributed by atoms with Gasteiger partial charge in [-0.05, 0) is 38.4 Å². The number of hydrogen-bond acceptors (Lipinski definition) is 4. The minimum absolute atomic E-state index is 0.121. The van der Waals surface area contributed by atoms with Crippen molar-refractivity contribution in [1.82, 2.24) is 10.2 Å². The predicted octanol–water partition coefficient (Wildman–Crippen LogP) is 1.67. The Balaban J connectivity index is 1.60. The number of amides is 1. The summed E-state index contributed by atoms with van der Waals surface area (Å²) in [6, 6.07) is 7.65. The van der Waals surface area contributed by atoms with E-state index in [0.717, 1.165) is 37.4 Å². The number of benzene rings is 1. The van der Waals surface area contributed by atoms with Crippen molar-refractivity contribution in [2.75, 3.05) is 33.3 Å². The second kappa shape index (κ2) is 6.16. The molecule has 0 saturated carbocycles. The molecule has 1 aromatic carbocycles. The van der Waals surface area contributed by atoms with Crippen molar-refractivity contribution in [1.29, 1.82) is 0 Å². The molecule has 0 aromatic heterocycles. The third kappa shape index (κ3) is 3.04. The molecule has 0 radical (unpaired) electrons. The molecule has 0 aliphatic carbocycles. The molecule has 1 saturated heterocycles. The third-order valence-corrected chi connectivity index (χ3v) is 4.51. The highest BCUT2D eigenvalue weighted by Crippen LogP contribution is 2.32. The van der Waals surface area contributed by atoms with Gasteiger partial charge in [-0.2, -0.15) is 0 Å². The van der Waals surface area contributed by atoms with Gasteiger partial charge in [-0.1, -0.05) is 12.1 Å². The Labute approximate surface area is 131 Å². The quantitative estimate of drug-likeness (QED) is 0.923. The molecule has 2 aliphatic rings. The zero-order valence-corrected chi connectivity index (χ0v) is 13.3. The van der Waals surface area contributed by atoms with Crippen molar-refractivity contribution in [3.8, 4) is 11.5 Å². The summed E-state index contributed by atoms with van der Waals surface area (Å²) in [5.74, 6) is 1.71. The number of fused-ring (bicyclic) bond motifs is 1. The molecule has 120 valence electrons. The van der Waals surface area contributed by atoms with Crippen LogP contribution in [0.5, 0.6) is 11.5 Å². The van der Waals surface area contributed by atoms with E-state index in [4.69, 9.17) is 9.47 Å². The van der Waals surface area contributed by atoms with Gasteiger partial charge in [-0.3, -0.25) is 4.79 Å². The van der Waals surface area contributed by atoms with Crippen LogP contribution in [0.2, 0.25) is 0 Å². The Hall–Kier alpha value is -1.75. The van der Waals surface area contributed by atoms with Gasteiger partial charge in [-0.15, -0.1) is 0 Å². The highest BCUT2D eigenvalue weighted by atomic mass is 16.6. The molecule has 5 nitrogen and oxygen atoms in total. The average Bonchev–Trinajstić information content (AvgIpc) is 2.54. The maximum Gasteiger partial charge on any atom is 0.229 e. The van der Waals surface area contributed by atoms with Crippen molar-refractivity contribution in [2.24, 2.45) is 5.41 Å². The standard InChI is InChI=1S/C17H24N2O3/c1-17(8-5-9-18-12-17)16(20)19(2)10-13-11-21-14-6-3-4-7-15(14)22-13/h3-4,6-7,13,18H,5,8-12H2,1-2H3. The molecule has 1 N–H and O–H groups in total. The zero-order chi connectivity index (χ0) is 15.6. The highest BCUT2D eigenvalue weighted by Gasteiger charge is 2.37. The maximum absolute atomic E-state index is 12.7. The van der Waals surface area contributed by atoms with Gasteiger partial charge < -0.3 is 19.7 Å². The fourth-order valence-electron chi connectivity index (χ4n) is 3.24. The molecule has 1 fully saturated rings. The van der Waals surface area contributed by atoms with Gasteiger partial charge in [-0.25, -0.2) is 0 Å². The highest BCUT2D eigenvalue weighted by molar-refractivity contribution is 5.82. The molecule has 0 bridgehead atoms. The topological polar surface area (TPSA) is 50.8 Å². The number of rotatable bonds is 3. The van der Waals surface area contributed by atoms with E-state index >= 15 is 0 Å². The van der Waals surface area contributed by atoms with E-state index in [1.807, 2.05) is 38.2 Å². The van der Waals surface area contributed by atoms with Crippen molar-refractivity contribution in [3.05, 3.63) is 24.3 Å². The summed E-state index contributed by atoms with van der Waals surface area (Å²) in [5, 5.41) is 3.32. The summed E-state index contributed by atoms with van der Waals surface area (Å²) in [7, 11) is 1.85. The first-order valence-corrected chi connectivity index (χ1v) is 7.93. The Kier molecular flexibility index (Phi) is 4.25. The molecule has 2 unspecified atom stereocenters. The molecule has 1 aromatic rings. The molecule has 5 heteroatoms. The van der Waals surface area contributed by atoms with E-state index in [1.54, 1.807) is 4.90 Å². The number of hydrogen-bond donors (Lipinski definition) is 1. The predicted molar refractivity (Wildman–Crippen MR) is 84.2 cm³/mol. The van der Waals surface area contributed by atoms with Crippen LogP contribution < -0.4 is 14.8 Å². The SMILES string of the molecule is CN(CC1COc2ccccc2O1)C(=O)C1(C)CCCNC1. The summed E-state index contributed by atoms with van der Waals surface area (Å²) >= 11 is 0. The fraction of sp³-hybridized carbons (Fsp3) is 0.588. The smallest absolute Gasteiger partial charge is 0.229 e. The molecule has 0 spiro atoms. The molecular formula is C17H24N2O3. The third-order valence-electron chi connectivity index (χ3n) is 4.51. The lowest BCUT2D eigenvalue weighted by molar-refractivity contribution is -0.142. The van der Waals surface area contributed by atoms with Crippen molar-refractivity contribution in [3.63, 3.8) is 0 Å². The lowest BCUT2D eigenvalue weighted by Gasteiger charge is -2.37. The second-order valence-electron chi connectivity index (χ2n) is 6.52. The minimum atomic E-state index is -0.305. The van der Waals surface area contributed by atoms with Gasteiger partial charge in [0.15, 0.2) is 17.6 Å². The Bertz CT molecular complexity index is 540. The minimum Gasteiger partial charge on any atom is -0.486 e. The second-order valence-corrected chi connectivity index (χ2v) is 6.52. The molecule has 22 heavy (non-hydrogen) atoms. The van der Waals surface area contributed by atoms with Crippen LogP contribution in [0, 0.1) is 5.41 Å². The van der Waals surface area contributed by atoms with Crippen LogP contribution in [0.3, 0.4) is 0 Å². The number of ether oxygens (including phenoxy) is 2. The first-order chi connectivity index (χ1) is 10.6. The van der Waals surface area contributed by atoms with Gasteiger partial charge in [0, 0.05) is 13.6 Å². The molecular weight excluding hydrogens is 280 g/mol. The fourth-order valence-corrected chi connectivity index (χ4v) is 3.24. The van der Waals surface area contributed by atoms with Crippen LogP contribution >= 0.6 is 0 Å². The Morgan fingerprint density at radius 1 is 1.41 bits per heavy atom. The summed E-state index contributed by atoms with van der Waals surface area (Å²) in [4.78, 5) is 14.5. The number of likely N-dealkylation sites (N-methyl/N-ethyl adjacent to an activating group) is 1. The molecule has 3 rings (SSSR count). The summed E-state index contributed by atoms with van der Waals surface area (Å²) in [5.41, 5.74) is -0.305. The van der Waals surface area contributed by atoms with Crippen LogP contribution in [0.25, 0.3) is 0 Å². The largest absolute Gasteiger partial charge is 0.486 e. The Morgan fingerprint density at radius 3 is 2.91 bits per heavy atom. The number of nitrogens with zero attached hydrogens (tertiary/aromatic N) is 1. The Morgan fingerprint density at radius 2 is 2.18 bits per heavy atom. The van der Waals surface area contributed by atoms with Crippen LogP contribution in [-0.2, 0) is 4.79 Å². The van der Waals surface area contributed by atoms with Gasteiger partial charge in [0.1, 0.15) is 6.61 Å². The van der Waals surface area contributed by atoms with Gasteiger partial charge in [0.25, 0.3) is 0 Å². The van der Waals surface area contributed by atoms with Crippen LogP contribution in [0.15, 0.2) is 24.3 Å². The van der Waals surface area contributed by atoms with Crippen LogP contribution in [0.4, 0.5) is 0 Å². The summed E-state index contributed by atoms with van der Waals surface area (Å²) in [6.45, 7) is 4.82. The van der Waals surface area contributed by atoms with E-state index in [2.05, 4.69) is 5.32 Å². The van der Waals surface area contributed by atoms with Crippen molar-refractivity contribution < 1.29 is 14.3 Å². The number of carbonyl (C=O) groups excluding carboxylic acids is 1. The normalized spacial score (nSPS) is 27.3. The first-order valence-electron chi connectivity index (χ1n) is 7.93. The average molecular weight is 304 g/mol. The van der Waals surface area contributed by atoms with Crippen LogP contribution in [0.1, 0.15) is 19.8 Å². The molecule has 2 atom stereocenters. The van der Waals surface area contributed by atoms with E-state index < -0.39 is 0 Å². The number of nitrogens with one attached hydrogen (secondary N) is 1. The first kappa shape index (κ1) is 15.2. The van der Waals surface area contributed by atoms with Gasteiger partial charge in [0.2, 0.25) is 5.91 Å². The van der Waals surface area contributed by atoms with E-state index in [0.29, 0.717) is 13.2 Å². The monoisotopic (exact) mass is 304 g/mol. The number of piperidine rings is 1. The van der Waals surface area contributed by atoms with Gasteiger partial charge >= 0.3 is 0 Å². The lowest BCUT2D eigenvalue weighted by atomic mass is 9.81. The maximum atomic E-state index is 12.7. The van der Waals surface area contributed by atoms with E-state index in [-0.39, 0.29) is 17.4 Å². The molecule has 2 heterocycles. The molecule has 2 aliphatic heterocycles. The number of carbonyl (C=O) groups is 1. The van der Waals surface area contributed by atoms with Crippen LogP contribution in [-0.4, -0.2) is 50.2 Å². The zero-order valence-electron chi connectivity index (χ0n) is 13.3. The van der Waals surface area contributed by atoms with Crippen molar-refractivity contribution in [2.45, 2.75) is 25.9 Å². The lowest BCUT2D eigenvalue weighted by Crippen LogP contribution is -2.51. The van der Waals surface area contributed by atoms with E-state index in [9.17, 15) is 4.79 Å². The molecule has 1 amide bonds. The van der Waals surface area contributed by atoms with E-state index in [1.165, 1.54) is 0 Å². The number of para-hydroxylation sites is 2. The summed E-state index contributed by atoms with van der Waals surface area (Å²) in [6.07, 6.45) is 1.87. The summed E-state index contributed by atoms with van der Waals surface area (Å²) < 4.78 is 11.7. The van der Waals surface area contributed by atoms with Crippen molar-refractivity contribution >= 4 is 5.91 Å². The van der Waals surface area contributed by atoms with Gasteiger partial charge in [0.05, 0.1) is 12.0 Å².